The Kier molecular flexibility index (Phi) is 6.49. The minimum Gasteiger partial charge on any atom is -0.296 e. The van der Waals surface area contributed by atoms with E-state index in [4.69, 9.17) is 9.97 Å². The highest BCUT2D eigenvalue weighted by molar-refractivity contribution is 5.95. The maximum absolute atomic E-state index is 12.9. The number of likely N-dealkylation sites (tertiary alicyclic amines) is 1. The molecule has 1 atom stereocenters. The summed E-state index contributed by atoms with van der Waals surface area (Å²) in [4.78, 5) is 27.4. The van der Waals surface area contributed by atoms with Gasteiger partial charge in [0.2, 0.25) is 5.91 Å². The lowest BCUT2D eigenvalue weighted by Crippen LogP contribution is -2.39. The van der Waals surface area contributed by atoms with Crippen LogP contribution >= 0.6 is 0 Å². The Bertz CT molecular complexity index is 1100. The first-order valence-corrected chi connectivity index (χ1v) is 12.2. The number of amides is 1. The SMILES string of the molecule is Cc1nc([C@H]2CCCCN2Cc2ccccc2)nc2c1CCC(=O)N2CCc1ccccc1. The van der Waals surface area contributed by atoms with Crippen molar-refractivity contribution in [3.63, 3.8) is 0 Å². The van der Waals surface area contributed by atoms with Gasteiger partial charge in [-0.05, 0) is 50.3 Å². The van der Waals surface area contributed by atoms with E-state index < -0.39 is 0 Å². The number of anilines is 1. The molecule has 5 rings (SSSR count). The van der Waals surface area contributed by atoms with E-state index in [-0.39, 0.29) is 11.9 Å². The zero-order valence-electron chi connectivity index (χ0n) is 19.4. The fourth-order valence-electron chi connectivity index (χ4n) is 5.16. The summed E-state index contributed by atoms with van der Waals surface area (Å²) < 4.78 is 0. The molecule has 0 spiro atoms. The van der Waals surface area contributed by atoms with Crippen molar-refractivity contribution in [3.05, 3.63) is 88.9 Å². The Morgan fingerprint density at radius 3 is 2.39 bits per heavy atom. The van der Waals surface area contributed by atoms with E-state index in [9.17, 15) is 4.79 Å². The second kappa shape index (κ2) is 9.84. The molecule has 3 aromatic rings. The molecule has 2 aromatic carbocycles. The van der Waals surface area contributed by atoms with Gasteiger partial charge in [-0.1, -0.05) is 67.1 Å². The van der Waals surface area contributed by atoms with E-state index in [1.54, 1.807) is 0 Å². The van der Waals surface area contributed by atoms with Crippen molar-refractivity contribution >= 4 is 11.7 Å². The van der Waals surface area contributed by atoms with Crippen LogP contribution in [0, 0.1) is 6.92 Å². The van der Waals surface area contributed by atoms with Crippen LogP contribution in [0.4, 0.5) is 5.82 Å². The number of fused-ring (bicyclic) bond motifs is 1. The van der Waals surface area contributed by atoms with Crippen LogP contribution in [0.3, 0.4) is 0 Å². The van der Waals surface area contributed by atoms with Crippen LogP contribution in [0.15, 0.2) is 60.7 Å². The average molecular weight is 441 g/mol. The number of benzene rings is 2. The van der Waals surface area contributed by atoms with Crippen LogP contribution in [0.5, 0.6) is 0 Å². The molecule has 1 amide bonds. The van der Waals surface area contributed by atoms with Gasteiger partial charge in [-0.2, -0.15) is 0 Å². The maximum atomic E-state index is 12.9. The average Bonchev–Trinajstić information content (AvgIpc) is 2.85. The predicted octanol–water partition coefficient (Wildman–Crippen LogP) is 5.03. The van der Waals surface area contributed by atoms with Gasteiger partial charge in [-0.15, -0.1) is 0 Å². The van der Waals surface area contributed by atoms with Gasteiger partial charge in [-0.25, -0.2) is 9.97 Å². The van der Waals surface area contributed by atoms with E-state index >= 15 is 0 Å². The largest absolute Gasteiger partial charge is 0.296 e. The molecule has 0 bridgehead atoms. The normalized spacial score (nSPS) is 18.9. The standard InChI is InChI=1S/C28H32N4O/c1-21-24-15-16-26(33)32(19-17-22-10-4-2-5-11-22)28(24)30-27(29-21)25-14-8-9-18-31(25)20-23-12-6-3-7-13-23/h2-7,10-13,25H,8-9,14-20H2,1H3/t25-/m1/s1. The minimum atomic E-state index is 0.173. The molecule has 1 fully saturated rings. The number of nitrogens with zero attached hydrogens (tertiary/aromatic N) is 4. The van der Waals surface area contributed by atoms with Gasteiger partial charge >= 0.3 is 0 Å². The summed E-state index contributed by atoms with van der Waals surface area (Å²) in [7, 11) is 0. The van der Waals surface area contributed by atoms with E-state index in [0.29, 0.717) is 13.0 Å². The topological polar surface area (TPSA) is 49.3 Å². The van der Waals surface area contributed by atoms with Gasteiger partial charge in [-0.3, -0.25) is 14.6 Å². The molecule has 1 saturated heterocycles. The molecule has 5 nitrogen and oxygen atoms in total. The number of rotatable bonds is 6. The van der Waals surface area contributed by atoms with Gasteiger partial charge in [0.25, 0.3) is 0 Å². The Labute approximate surface area is 196 Å². The first-order chi connectivity index (χ1) is 16.2. The molecule has 0 saturated carbocycles. The second-order valence-electron chi connectivity index (χ2n) is 9.22. The van der Waals surface area contributed by atoms with Gasteiger partial charge < -0.3 is 0 Å². The minimum absolute atomic E-state index is 0.173. The van der Waals surface area contributed by atoms with Crippen molar-refractivity contribution in [1.29, 1.82) is 0 Å². The number of aromatic nitrogens is 2. The van der Waals surface area contributed by atoms with Gasteiger partial charge in [0, 0.05) is 30.8 Å². The number of aryl methyl sites for hydroxylation is 1. The lowest BCUT2D eigenvalue weighted by atomic mass is 9.98. The number of carbonyl (C=O) groups is 1. The summed E-state index contributed by atoms with van der Waals surface area (Å²) in [5.74, 6) is 1.89. The van der Waals surface area contributed by atoms with Gasteiger partial charge in [0.05, 0.1) is 6.04 Å². The Balaban J connectivity index is 1.43. The Hall–Kier alpha value is -3.05. The molecule has 170 valence electrons. The quantitative estimate of drug-likeness (QED) is 0.539. The van der Waals surface area contributed by atoms with Crippen molar-refractivity contribution in [1.82, 2.24) is 14.9 Å². The molecule has 0 N–H and O–H groups in total. The fraction of sp³-hybridized carbons (Fsp3) is 0.393. The predicted molar refractivity (Wildman–Crippen MR) is 131 cm³/mol. The van der Waals surface area contributed by atoms with Gasteiger partial charge in [0.15, 0.2) is 0 Å². The molecule has 2 aliphatic rings. The molecule has 2 aliphatic heterocycles. The molecular weight excluding hydrogens is 408 g/mol. The van der Waals surface area contributed by atoms with Crippen LogP contribution in [0.2, 0.25) is 0 Å². The smallest absolute Gasteiger partial charge is 0.228 e. The third-order valence-corrected chi connectivity index (χ3v) is 6.96. The monoisotopic (exact) mass is 440 g/mol. The molecule has 33 heavy (non-hydrogen) atoms. The third-order valence-electron chi connectivity index (χ3n) is 6.96. The summed E-state index contributed by atoms with van der Waals surface area (Å²) in [6.45, 7) is 4.70. The number of hydrogen-bond acceptors (Lipinski definition) is 4. The maximum Gasteiger partial charge on any atom is 0.228 e. The molecule has 0 unspecified atom stereocenters. The zero-order chi connectivity index (χ0) is 22.6. The highest BCUT2D eigenvalue weighted by Gasteiger charge is 2.32. The van der Waals surface area contributed by atoms with E-state index in [0.717, 1.165) is 55.3 Å². The van der Waals surface area contributed by atoms with E-state index in [1.165, 1.54) is 24.0 Å². The molecule has 5 heteroatoms. The van der Waals surface area contributed by atoms with Crippen LogP contribution < -0.4 is 4.90 Å². The summed E-state index contributed by atoms with van der Waals surface area (Å²) in [5, 5.41) is 0. The van der Waals surface area contributed by atoms with Crippen molar-refractivity contribution < 1.29 is 4.79 Å². The van der Waals surface area contributed by atoms with Crippen molar-refractivity contribution in [3.8, 4) is 0 Å². The molecule has 3 heterocycles. The van der Waals surface area contributed by atoms with E-state index in [2.05, 4.69) is 66.4 Å². The first kappa shape index (κ1) is 21.8. The van der Waals surface area contributed by atoms with Crippen molar-refractivity contribution in [2.75, 3.05) is 18.0 Å². The lowest BCUT2D eigenvalue weighted by Gasteiger charge is -2.36. The highest BCUT2D eigenvalue weighted by atomic mass is 16.2. The van der Waals surface area contributed by atoms with Crippen LogP contribution in [0.1, 0.15) is 59.9 Å². The molecule has 0 aliphatic carbocycles. The lowest BCUT2D eigenvalue weighted by molar-refractivity contribution is -0.118. The van der Waals surface area contributed by atoms with Crippen molar-refractivity contribution in [2.24, 2.45) is 0 Å². The highest BCUT2D eigenvalue weighted by Crippen LogP contribution is 2.34. The Morgan fingerprint density at radius 1 is 0.909 bits per heavy atom. The van der Waals surface area contributed by atoms with Gasteiger partial charge in [0.1, 0.15) is 11.6 Å². The van der Waals surface area contributed by atoms with Crippen LogP contribution in [0.25, 0.3) is 0 Å². The number of piperidine rings is 1. The fourth-order valence-corrected chi connectivity index (χ4v) is 5.16. The Morgan fingerprint density at radius 2 is 1.64 bits per heavy atom. The third kappa shape index (κ3) is 4.83. The van der Waals surface area contributed by atoms with Crippen molar-refractivity contribution in [2.45, 2.75) is 58.0 Å². The van der Waals surface area contributed by atoms with E-state index in [1.807, 2.05) is 11.0 Å². The molecule has 0 radical (unpaired) electrons. The molecule has 1 aromatic heterocycles. The summed E-state index contributed by atoms with van der Waals surface area (Å²) in [5.41, 5.74) is 4.72. The molecular formula is C28H32N4O. The summed E-state index contributed by atoms with van der Waals surface area (Å²) in [6, 6.07) is 21.2. The summed E-state index contributed by atoms with van der Waals surface area (Å²) in [6.07, 6.45) is 5.55. The first-order valence-electron chi connectivity index (χ1n) is 12.2. The summed E-state index contributed by atoms with van der Waals surface area (Å²) >= 11 is 0. The number of carbonyl (C=O) groups excluding carboxylic acids is 1. The second-order valence-corrected chi connectivity index (χ2v) is 9.22. The number of hydrogen-bond donors (Lipinski definition) is 0. The van der Waals surface area contributed by atoms with Crippen LogP contribution in [-0.4, -0.2) is 33.9 Å². The zero-order valence-corrected chi connectivity index (χ0v) is 19.4. The van der Waals surface area contributed by atoms with Crippen LogP contribution in [-0.2, 0) is 24.2 Å².